The van der Waals surface area contributed by atoms with Crippen molar-refractivity contribution in [3.8, 4) is 20.9 Å². The number of hydrogen-bond donors (Lipinski definition) is 4. The number of benzene rings is 2. The van der Waals surface area contributed by atoms with Gasteiger partial charge in [-0.05, 0) is 101 Å². The zero-order valence-electron chi connectivity index (χ0n) is 36.8. The Morgan fingerprint density at radius 1 is 0.636 bits per heavy atom. The number of rotatable bonds is 8. The van der Waals surface area contributed by atoms with Gasteiger partial charge in [0.2, 0.25) is 11.8 Å². The van der Waals surface area contributed by atoms with Crippen molar-refractivity contribution >= 4 is 89.5 Å². The molecule has 6 heterocycles. The normalized spacial score (nSPS) is 20.7. The van der Waals surface area contributed by atoms with Crippen molar-refractivity contribution in [1.29, 1.82) is 0 Å². The Labute approximate surface area is 399 Å². The number of likely N-dealkylation sites (N-methyl/N-ethyl adjacent to an activating group) is 2. The van der Waals surface area contributed by atoms with E-state index in [9.17, 15) is 35.2 Å². The van der Waals surface area contributed by atoms with E-state index in [0.717, 1.165) is 74.2 Å². The average Bonchev–Trinajstić information content (AvgIpc) is 4.03. The molecule has 24 heteroatoms. The van der Waals surface area contributed by atoms with E-state index >= 15 is 0 Å². The zero-order chi connectivity index (χ0) is 48.2. The Morgan fingerprint density at radius 2 is 1.00 bits per heavy atom. The summed E-state index contributed by atoms with van der Waals surface area (Å²) in [6.45, 7) is 7.83. The van der Waals surface area contributed by atoms with E-state index in [1.54, 1.807) is 0 Å². The van der Waals surface area contributed by atoms with Gasteiger partial charge in [-0.15, -0.1) is 22.7 Å². The Bertz CT molecular complexity index is 2880. The van der Waals surface area contributed by atoms with E-state index < -0.39 is 68.0 Å². The summed E-state index contributed by atoms with van der Waals surface area (Å²) in [5, 5.41) is 13.9. The molecule has 0 spiro atoms. The van der Waals surface area contributed by atoms with Crippen LogP contribution in [0, 0.1) is 39.3 Å². The van der Waals surface area contributed by atoms with Crippen molar-refractivity contribution in [2.24, 2.45) is 14.1 Å². The number of nitrogens with one attached hydrogen (secondary N) is 4. The van der Waals surface area contributed by atoms with Crippen LogP contribution in [0.4, 0.5) is 20.2 Å². The largest absolute Gasteiger partial charge is 0.325 e. The van der Waals surface area contributed by atoms with Crippen LogP contribution in [0.1, 0.15) is 57.5 Å². The van der Waals surface area contributed by atoms with Crippen LogP contribution in [0.25, 0.3) is 20.9 Å². The van der Waals surface area contributed by atoms with Crippen LogP contribution in [0.15, 0.2) is 60.7 Å². The SMILES string of the molecule is Cc1nn(C)c(C)c1-c1ccc([C@@H]2C[C@H](C(=O)Nc3ccc(F)c(Cl)c3)N(C)S(=O)(=O)N2)s1.Cc1nn(C)c(C)c1-c1ccc([C@H]2C[C@@H](C(=O)Nc3ccc(F)c(Cl)c3)N(C)S(=O)(=O)N2)s1. The standard InChI is InChI=1S/2C21H23ClFN5O3S2/c2*1-11-20(12(2)27(3)25-11)19-8-7-18(32-19)16-10-17(28(4)33(30,31)26-16)21(29)24-13-5-6-15(23)14(22)9-13/h2*5-9,16-17,26H,10H2,1-4H3,(H,24,29)/t2*16-,17+/m10/s1. The van der Waals surface area contributed by atoms with Gasteiger partial charge >= 0.3 is 0 Å². The van der Waals surface area contributed by atoms with E-state index in [0.29, 0.717) is 0 Å². The molecule has 4 atom stereocenters. The van der Waals surface area contributed by atoms with Crippen molar-refractivity contribution in [1.82, 2.24) is 37.6 Å². The summed E-state index contributed by atoms with van der Waals surface area (Å²) < 4.78 is 88.9. The molecule has 6 aromatic rings. The summed E-state index contributed by atoms with van der Waals surface area (Å²) in [6, 6.07) is 12.2. The molecule has 4 aromatic heterocycles. The molecule has 0 radical (unpaired) electrons. The molecule has 352 valence electrons. The molecule has 8 rings (SSSR count). The highest BCUT2D eigenvalue weighted by atomic mass is 35.5. The lowest BCUT2D eigenvalue weighted by atomic mass is 10.1. The van der Waals surface area contributed by atoms with Crippen molar-refractivity contribution in [3.05, 3.63) is 115 Å². The topological polar surface area (TPSA) is 193 Å². The maximum atomic E-state index is 13.4. The van der Waals surface area contributed by atoms with Gasteiger partial charge in [0, 0.05) is 81.6 Å². The zero-order valence-corrected chi connectivity index (χ0v) is 41.6. The van der Waals surface area contributed by atoms with Gasteiger partial charge in [0.25, 0.3) is 20.4 Å². The van der Waals surface area contributed by atoms with Crippen LogP contribution in [0.2, 0.25) is 10.0 Å². The molecule has 2 fully saturated rings. The number of amides is 2. The Morgan fingerprint density at radius 3 is 1.32 bits per heavy atom. The summed E-state index contributed by atoms with van der Waals surface area (Å²) in [5.74, 6) is -2.26. The Balaban J connectivity index is 0.000000196. The first-order valence-electron chi connectivity index (χ1n) is 20.2. The summed E-state index contributed by atoms with van der Waals surface area (Å²) in [5.41, 5.74) is 6.42. The number of thiophene rings is 2. The van der Waals surface area contributed by atoms with Crippen LogP contribution in [-0.2, 0) is 44.1 Å². The molecule has 2 aliphatic heterocycles. The maximum absolute atomic E-state index is 13.4. The first-order valence-corrected chi connectivity index (χ1v) is 25.5. The summed E-state index contributed by atoms with van der Waals surface area (Å²) in [6.07, 6.45) is 0.447. The lowest BCUT2D eigenvalue weighted by Gasteiger charge is -2.35. The molecule has 16 nitrogen and oxygen atoms in total. The number of hydrogen-bond acceptors (Lipinski definition) is 10. The van der Waals surface area contributed by atoms with Crippen molar-refractivity contribution in [3.63, 3.8) is 0 Å². The Hall–Kier alpha value is -4.62. The molecule has 0 saturated carbocycles. The number of aryl methyl sites for hydroxylation is 4. The average molecular weight is 1020 g/mol. The molecular formula is C42H46Cl2F2N10O6S4. The van der Waals surface area contributed by atoms with E-state index in [2.05, 4.69) is 30.3 Å². The molecule has 4 N–H and O–H groups in total. The van der Waals surface area contributed by atoms with Crippen molar-refractivity contribution < 1.29 is 35.2 Å². The van der Waals surface area contributed by atoms with Crippen molar-refractivity contribution in [2.45, 2.75) is 64.7 Å². The molecule has 0 unspecified atom stereocenters. The summed E-state index contributed by atoms with van der Waals surface area (Å²) >= 11 is 14.5. The first-order chi connectivity index (χ1) is 30.9. The summed E-state index contributed by atoms with van der Waals surface area (Å²) in [7, 11) is -1.35. The number of nitrogens with zero attached hydrogens (tertiary/aromatic N) is 6. The van der Waals surface area contributed by atoms with Crippen molar-refractivity contribution in [2.75, 3.05) is 24.7 Å². The fourth-order valence-corrected chi connectivity index (χ4v) is 13.3. The smallest absolute Gasteiger partial charge is 0.280 e. The number of carbonyl (C=O) groups excluding carboxylic acids is 2. The van der Waals surface area contributed by atoms with Crippen LogP contribution in [0.3, 0.4) is 0 Å². The highest BCUT2D eigenvalue weighted by molar-refractivity contribution is 7.87. The van der Waals surface area contributed by atoms with Crippen LogP contribution < -0.4 is 20.1 Å². The number of carbonyl (C=O) groups is 2. The number of anilines is 2. The second-order valence-electron chi connectivity index (χ2n) is 15.9. The molecule has 2 saturated heterocycles. The van der Waals surface area contributed by atoms with E-state index in [1.807, 2.05) is 75.4 Å². The molecule has 2 aromatic carbocycles. The summed E-state index contributed by atoms with van der Waals surface area (Å²) in [4.78, 5) is 29.5. The minimum atomic E-state index is -3.90. The van der Waals surface area contributed by atoms with Gasteiger partial charge in [0.1, 0.15) is 23.7 Å². The van der Waals surface area contributed by atoms with Gasteiger partial charge < -0.3 is 10.6 Å². The molecule has 2 aliphatic rings. The molecule has 66 heavy (non-hydrogen) atoms. The van der Waals surface area contributed by atoms with Crippen LogP contribution in [-0.4, -0.2) is 83.0 Å². The fraction of sp³-hybridized carbons (Fsp3) is 0.333. The quantitative estimate of drug-likeness (QED) is 0.120. The number of halogens is 4. The third kappa shape index (κ3) is 10.1. The van der Waals surface area contributed by atoms with E-state index in [1.165, 1.54) is 61.0 Å². The van der Waals surface area contributed by atoms with Gasteiger partial charge in [-0.3, -0.25) is 19.0 Å². The molecule has 2 amide bonds. The highest BCUT2D eigenvalue weighted by Crippen LogP contribution is 2.40. The predicted octanol–water partition coefficient (Wildman–Crippen LogP) is 7.55. The van der Waals surface area contributed by atoms with Gasteiger partial charge in [0.15, 0.2) is 0 Å². The molecule has 0 aliphatic carbocycles. The molecular weight excluding hydrogens is 978 g/mol. The van der Waals surface area contributed by atoms with E-state index in [4.69, 9.17) is 23.2 Å². The lowest BCUT2D eigenvalue weighted by molar-refractivity contribution is -0.120. The predicted molar refractivity (Wildman–Crippen MR) is 254 cm³/mol. The molecule has 0 bridgehead atoms. The second kappa shape index (κ2) is 19.2. The fourth-order valence-electron chi connectivity index (χ4n) is 7.80. The minimum absolute atomic E-state index is 0.135. The minimum Gasteiger partial charge on any atom is -0.325 e. The third-order valence-corrected chi connectivity index (χ3v) is 17.8. The Kier molecular flexibility index (Phi) is 14.3. The number of aromatic nitrogens is 4. The van der Waals surface area contributed by atoms with Gasteiger partial charge in [-0.1, -0.05) is 23.2 Å². The van der Waals surface area contributed by atoms with Gasteiger partial charge in [0.05, 0.1) is 33.5 Å². The van der Waals surface area contributed by atoms with Crippen LogP contribution >= 0.6 is 45.9 Å². The van der Waals surface area contributed by atoms with E-state index in [-0.39, 0.29) is 34.3 Å². The van der Waals surface area contributed by atoms with Gasteiger partial charge in [-0.25, -0.2) is 8.78 Å². The monoisotopic (exact) mass is 1020 g/mol. The third-order valence-electron chi connectivity index (χ3n) is 11.6. The van der Waals surface area contributed by atoms with Gasteiger partial charge in [-0.2, -0.15) is 45.1 Å². The van der Waals surface area contributed by atoms with Crippen LogP contribution in [0.5, 0.6) is 0 Å². The maximum Gasteiger partial charge on any atom is 0.280 e. The highest BCUT2D eigenvalue weighted by Gasteiger charge is 2.43. The second-order valence-corrected chi connectivity index (χ2v) is 22.4. The lowest BCUT2D eigenvalue weighted by Crippen LogP contribution is -2.55. The first kappa shape index (κ1) is 49.3.